The number of rotatable bonds is 2. The van der Waals surface area contributed by atoms with Crippen molar-refractivity contribution in [2.24, 2.45) is 5.73 Å². The molecule has 1 aromatic heterocycles. The van der Waals surface area contributed by atoms with Crippen molar-refractivity contribution in [1.82, 2.24) is 15.0 Å². The third-order valence-corrected chi connectivity index (χ3v) is 2.76. The fraction of sp³-hybridized carbons (Fsp3) is 0.273. The molecule has 1 unspecified atom stereocenters. The minimum absolute atomic E-state index is 0.0863. The fourth-order valence-corrected chi connectivity index (χ4v) is 1.75. The van der Waals surface area contributed by atoms with Crippen molar-refractivity contribution < 1.29 is 22.0 Å². The first-order valence-corrected chi connectivity index (χ1v) is 5.47. The van der Waals surface area contributed by atoms with E-state index >= 15 is 0 Å². The molecule has 1 aromatic carbocycles. The Hall–Kier alpha value is -2.03. The Morgan fingerprint density at radius 2 is 1.40 bits per heavy atom. The molecule has 0 aliphatic carbocycles. The van der Waals surface area contributed by atoms with E-state index in [1.54, 1.807) is 6.92 Å². The number of halogens is 5. The predicted molar refractivity (Wildman–Crippen MR) is 58.5 cm³/mol. The van der Waals surface area contributed by atoms with Crippen molar-refractivity contribution >= 4 is 0 Å². The van der Waals surface area contributed by atoms with E-state index in [0.29, 0.717) is 4.68 Å². The molecule has 0 saturated carbocycles. The molecule has 0 amide bonds. The van der Waals surface area contributed by atoms with Gasteiger partial charge >= 0.3 is 0 Å². The first kappa shape index (κ1) is 14.4. The van der Waals surface area contributed by atoms with Crippen LogP contribution in [0.3, 0.4) is 0 Å². The molecule has 20 heavy (non-hydrogen) atoms. The maximum atomic E-state index is 13.6. The van der Waals surface area contributed by atoms with Crippen LogP contribution in [0.2, 0.25) is 0 Å². The van der Waals surface area contributed by atoms with Gasteiger partial charge < -0.3 is 5.73 Å². The molecule has 108 valence electrons. The number of hydrogen-bond acceptors (Lipinski definition) is 3. The van der Waals surface area contributed by atoms with Crippen LogP contribution in [0.25, 0.3) is 5.69 Å². The molecule has 1 atom stereocenters. The van der Waals surface area contributed by atoms with E-state index in [4.69, 9.17) is 5.73 Å². The van der Waals surface area contributed by atoms with Crippen molar-refractivity contribution in [3.63, 3.8) is 0 Å². The zero-order valence-electron chi connectivity index (χ0n) is 10.4. The second kappa shape index (κ2) is 4.82. The number of benzene rings is 1. The molecule has 1 heterocycles. The average molecular weight is 292 g/mol. The van der Waals surface area contributed by atoms with Crippen LogP contribution in [0, 0.1) is 36.0 Å². The standard InChI is InChI=1S/C11H9F5N4/c1-3(17)10-4(2)20(19-18-10)11-8(15)6(13)5(12)7(14)9(11)16/h3H,17H2,1-2H3. The van der Waals surface area contributed by atoms with Gasteiger partial charge in [-0.3, -0.25) is 0 Å². The summed E-state index contributed by atoms with van der Waals surface area (Å²) < 4.78 is 67.0. The lowest BCUT2D eigenvalue weighted by molar-refractivity contribution is 0.373. The van der Waals surface area contributed by atoms with Crippen LogP contribution in [-0.2, 0) is 0 Å². The van der Waals surface area contributed by atoms with Gasteiger partial charge in [0.15, 0.2) is 23.3 Å². The number of aromatic nitrogens is 3. The zero-order valence-corrected chi connectivity index (χ0v) is 10.4. The molecule has 2 N–H and O–H groups in total. The molecular formula is C11H9F5N4. The van der Waals surface area contributed by atoms with Crippen LogP contribution in [-0.4, -0.2) is 15.0 Å². The Labute approximate surface area is 110 Å². The highest BCUT2D eigenvalue weighted by molar-refractivity contribution is 5.38. The smallest absolute Gasteiger partial charge is 0.200 e. The van der Waals surface area contributed by atoms with Gasteiger partial charge in [0.1, 0.15) is 11.4 Å². The third-order valence-electron chi connectivity index (χ3n) is 2.76. The molecule has 0 saturated heterocycles. The van der Waals surface area contributed by atoms with E-state index in [9.17, 15) is 22.0 Å². The SMILES string of the molecule is Cc1c(C(C)N)nnn1-c1c(F)c(F)c(F)c(F)c1F. The first-order valence-electron chi connectivity index (χ1n) is 5.47. The molecule has 0 spiro atoms. The molecule has 0 fully saturated rings. The number of nitrogens with zero attached hydrogens (tertiary/aromatic N) is 3. The first-order chi connectivity index (χ1) is 9.27. The molecule has 0 aliphatic rings. The van der Waals surface area contributed by atoms with E-state index in [2.05, 4.69) is 10.3 Å². The van der Waals surface area contributed by atoms with E-state index in [-0.39, 0.29) is 11.4 Å². The van der Waals surface area contributed by atoms with Gasteiger partial charge in [-0.25, -0.2) is 26.6 Å². The topological polar surface area (TPSA) is 56.7 Å². The van der Waals surface area contributed by atoms with Crippen molar-refractivity contribution in [3.8, 4) is 5.69 Å². The van der Waals surface area contributed by atoms with Gasteiger partial charge in [0.2, 0.25) is 5.82 Å². The summed E-state index contributed by atoms with van der Waals surface area (Å²) in [5.41, 5.74) is 4.65. The second-order valence-electron chi connectivity index (χ2n) is 4.18. The maximum Gasteiger partial charge on any atom is 0.200 e. The minimum Gasteiger partial charge on any atom is -0.323 e. The summed E-state index contributed by atoms with van der Waals surface area (Å²) in [5.74, 6) is -10.3. The highest BCUT2D eigenvalue weighted by Crippen LogP contribution is 2.27. The fourth-order valence-electron chi connectivity index (χ4n) is 1.75. The molecule has 0 aliphatic heterocycles. The van der Waals surface area contributed by atoms with E-state index in [1.807, 2.05) is 0 Å². The van der Waals surface area contributed by atoms with Gasteiger partial charge in [0, 0.05) is 6.04 Å². The normalized spacial score (nSPS) is 12.8. The van der Waals surface area contributed by atoms with Crippen LogP contribution >= 0.6 is 0 Å². The summed E-state index contributed by atoms with van der Waals surface area (Å²) in [5, 5.41) is 6.96. The van der Waals surface area contributed by atoms with Crippen molar-refractivity contribution in [1.29, 1.82) is 0 Å². The lowest BCUT2D eigenvalue weighted by Gasteiger charge is -2.09. The molecular weight excluding hydrogens is 283 g/mol. The van der Waals surface area contributed by atoms with Crippen molar-refractivity contribution in [2.75, 3.05) is 0 Å². The number of hydrogen-bond donors (Lipinski definition) is 1. The second-order valence-corrected chi connectivity index (χ2v) is 4.18. The zero-order chi connectivity index (χ0) is 15.2. The average Bonchev–Trinajstić information content (AvgIpc) is 2.77. The van der Waals surface area contributed by atoms with E-state index in [0.717, 1.165) is 0 Å². The summed E-state index contributed by atoms with van der Waals surface area (Å²) in [6.07, 6.45) is 0. The molecule has 4 nitrogen and oxygen atoms in total. The lowest BCUT2D eigenvalue weighted by Crippen LogP contribution is -2.13. The molecule has 0 radical (unpaired) electrons. The van der Waals surface area contributed by atoms with Crippen molar-refractivity contribution in [3.05, 3.63) is 40.5 Å². The van der Waals surface area contributed by atoms with Crippen LogP contribution in [0.15, 0.2) is 0 Å². The van der Waals surface area contributed by atoms with Crippen molar-refractivity contribution in [2.45, 2.75) is 19.9 Å². The Morgan fingerprint density at radius 3 is 1.80 bits per heavy atom. The van der Waals surface area contributed by atoms with Crippen LogP contribution in [0.5, 0.6) is 0 Å². The summed E-state index contributed by atoms with van der Waals surface area (Å²) in [7, 11) is 0. The highest BCUT2D eigenvalue weighted by Gasteiger charge is 2.29. The van der Waals surface area contributed by atoms with Gasteiger partial charge in [-0.1, -0.05) is 5.21 Å². The minimum atomic E-state index is -2.23. The monoisotopic (exact) mass is 292 g/mol. The van der Waals surface area contributed by atoms with Crippen LogP contribution in [0.1, 0.15) is 24.4 Å². The van der Waals surface area contributed by atoms with E-state index < -0.39 is 40.8 Å². The Bertz CT molecular complexity index is 651. The Morgan fingerprint density at radius 1 is 0.950 bits per heavy atom. The lowest BCUT2D eigenvalue weighted by atomic mass is 10.2. The Balaban J connectivity index is 2.77. The number of nitrogens with two attached hydrogens (primary N) is 1. The molecule has 9 heteroatoms. The van der Waals surface area contributed by atoms with Crippen LogP contribution in [0.4, 0.5) is 22.0 Å². The quantitative estimate of drug-likeness (QED) is 0.525. The predicted octanol–water partition coefficient (Wildman–Crippen LogP) is 2.29. The summed E-state index contributed by atoms with van der Waals surface area (Å²) in [4.78, 5) is 0. The largest absolute Gasteiger partial charge is 0.323 e. The van der Waals surface area contributed by atoms with Gasteiger partial charge in [-0.15, -0.1) is 5.10 Å². The summed E-state index contributed by atoms with van der Waals surface area (Å²) in [6, 6.07) is -0.606. The maximum absolute atomic E-state index is 13.6. The van der Waals surface area contributed by atoms with Gasteiger partial charge in [0.05, 0.1) is 5.69 Å². The molecule has 2 rings (SSSR count). The third kappa shape index (κ3) is 1.94. The van der Waals surface area contributed by atoms with Gasteiger partial charge in [-0.2, -0.15) is 0 Å². The van der Waals surface area contributed by atoms with Crippen LogP contribution < -0.4 is 5.73 Å². The van der Waals surface area contributed by atoms with E-state index in [1.165, 1.54) is 6.92 Å². The van der Waals surface area contributed by atoms with Gasteiger partial charge in [-0.05, 0) is 13.8 Å². The van der Waals surface area contributed by atoms with Gasteiger partial charge in [0.25, 0.3) is 0 Å². The summed E-state index contributed by atoms with van der Waals surface area (Å²) >= 11 is 0. The highest BCUT2D eigenvalue weighted by atomic mass is 19.2. The molecule has 0 bridgehead atoms. The summed E-state index contributed by atoms with van der Waals surface area (Å²) in [6.45, 7) is 2.90. The Kier molecular flexibility index (Phi) is 3.46. The molecule has 2 aromatic rings.